The summed E-state index contributed by atoms with van der Waals surface area (Å²) in [6.07, 6.45) is 0. The number of para-hydroxylation sites is 2. The fourth-order valence-electron chi connectivity index (χ4n) is 8.18. The van der Waals surface area contributed by atoms with Crippen LogP contribution in [0.1, 0.15) is 5.56 Å². The lowest BCUT2D eigenvalue weighted by Gasteiger charge is -2.26. The first-order chi connectivity index (χ1) is 25.2. The molecule has 9 aromatic carbocycles. The zero-order chi connectivity index (χ0) is 34.1. The number of aromatic nitrogens is 1. The van der Waals surface area contributed by atoms with Crippen molar-refractivity contribution in [2.24, 2.45) is 0 Å². The van der Waals surface area contributed by atoms with Crippen molar-refractivity contribution in [2.75, 3.05) is 12.0 Å². The van der Waals surface area contributed by atoms with Gasteiger partial charge in [0.15, 0.2) is 0 Å². The molecule has 10 rings (SSSR count). The van der Waals surface area contributed by atoms with Gasteiger partial charge < -0.3 is 14.2 Å². The van der Waals surface area contributed by atoms with E-state index in [1.165, 1.54) is 76.5 Å². The topological polar surface area (TPSA) is 17.4 Å². The first-order valence-electron chi connectivity index (χ1n) is 17.5. The molecular weight excluding hydrogens is 621 g/mol. The van der Waals surface area contributed by atoms with Gasteiger partial charge in [-0.05, 0) is 111 Å². The molecule has 1 aromatic heterocycles. The number of rotatable bonds is 6. The van der Waals surface area contributed by atoms with Crippen LogP contribution < -0.4 is 9.64 Å². The average molecular weight is 655 g/mol. The summed E-state index contributed by atoms with van der Waals surface area (Å²) in [5, 5.41) is 10.3. The molecule has 3 nitrogen and oxygen atoms in total. The molecule has 0 radical (unpaired) electrons. The third-order valence-electron chi connectivity index (χ3n) is 10.4. The lowest BCUT2D eigenvalue weighted by molar-refractivity contribution is 0.415. The summed E-state index contributed by atoms with van der Waals surface area (Å²) >= 11 is 0. The van der Waals surface area contributed by atoms with E-state index in [9.17, 15) is 0 Å². The highest BCUT2D eigenvalue weighted by Crippen LogP contribution is 2.45. The van der Waals surface area contributed by atoms with Crippen molar-refractivity contribution in [3.8, 4) is 22.6 Å². The Hall–Kier alpha value is -6.58. The second-order valence-corrected chi connectivity index (χ2v) is 13.4. The highest BCUT2D eigenvalue weighted by atomic mass is 16.5. The van der Waals surface area contributed by atoms with Gasteiger partial charge in [0, 0.05) is 45.0 Å². The molecule has 1 heterocycles. The van der Waals surface area contributed by atoms with Crippen molar-refractivity contribution >= 4 is 71.2 Å². The number of nitrogens with zero attached hydrogens (tertiary/aromatic N) is 2. The molecule has 0 aliphatic heterocycles. The van der Waals surface area contributed by atoms with E-state index >= 15 is 0 Å². The standard InChI is InChI=1S/C48H34N2O/c1-31-10-8-13-37(28-31)49(38-14-9-15-39(30-38)51-2)36-23-18-32(19-24-36)40-25-20-33-21-27-43-47-34(22-26-42(40)46(33)47)29-44-41-16-6-7-17-45(41)50(48(43)44)35-11-4-3-5-12-35/h3-30H,1-2H3. The van der Waals surface area contributed by atoms with Crippen LogP contribution in [0.4, 0.5) is 17.1 Å². The maximum Gasteiger partial charge on any atom is 0.120 e. The summed E-state index contributed by atoms with van der Waals surface area (Å²) in [5.41, 5.74) is 10.5. The minimum Gasteiger partial charge on any atom is -0.497 e. The maximum absolute atomic E-state index is 5.61. The second-order valence-electron chi connectivity index (χ2n) is 13.4. The average Bonchev–Trinajstić information content (AvgIpc) is 3.52. The molecule has 0 unspecified atom stereocenters. The smallest absolute Gasteiger partial charge is 0.120 e. The van der Waals surface area contributed by atoms with Gasteiger partial charge in [0.25, 0.3) is 0 Å². The molecule has 0 N–H and O–H groups in total. The van der Waals surface area contributed by atoms with Crippen LogP contribution in [-0.2, 0) is 0 Å². The summed E-state index contributed by atoms with van der Waals surface area (Å²) in [5.74, 6) is 0.830. The van der Waals surface area contributed by atoms with Gasteiger partial charge >= 0.3 is 0 Å². The Morgan fingerprint density at radius 2 is 1.20 bits per heavy atom. The van der Waals surface area contributed by atoms with Gasteiger partial charge in [0.05, 0.1) is 18.1 Å². The zero-order valence-electron chi connectivity index (χ0n) is 28.5. The van der Waals surface area contributed by atoms with Gasteiger partial charge in [-0.25, -0.2) is 0 Å². The minimum absolute atomic E-state index is 0.830. The molecule has 0 bridgehead atoms. The Kier molecular flexibility index (Phi) is 6.62. The van der Waals surface area contributed by atoms with Crippen molar-refractivity contribution in [1.82, 2.24) is 4.57 Å². The van der Waals surface area contributed by atoms with E-state index in [0.717, 1.165) is 22.8 Å². The summed E-state index contributed by atoms with van der Waals surface area (Å²) < 4.78 is 8.05. The third-order valence-corrected chi connectivity index (χ3v) is 10.4. The fraction of sp³-hybridized carbons (Fsp3) is 0.0417. The Morgan fingerprint density at radius 3 is 2.02 bits per heavy atom. The number of benzene rings is 9. The lowest BCUT2D eigenvalue weighted by atomic mass is 9.89. The molecule has 0 spiro atoms. The van der Waals surface area contributed by atoms with Crippen LogP contribution in [0.5, 0.6) is 5.75 Å². The van der Waals surface area contributed by atoms with E-state index < -0.39 is 0 Å². The first kappa shape index (κ1) is 29.3. The van der Waals surface area contributed by atoms with Gasteiger partial charge in [0.1, 0.15) is 5.75 Å². The van der Waals surface area contributed by atoms with E-state index in [4.69, 9.17) is 4.74 Å². The minimum atomic E-state index is 0.830. The zero-order valence-corrected chi connectivity index (χ0v) is 28.5. The molecule has 0 saturated carbocycles. The van der Waals surface area contributed by atoms with E-state index in [0.29, 0.717) is 0 Å². The van der Waals surface area contributed by atoms with Gasteiger partial charge in [-0.1, -0.05) is 103 Å². The normalized spacial score (nSPS) is 11.7. The number of methoxy groups -OCH3 is 1. The summed E-state index contributed by atoms with van der Waals surface area (Å²) in [4.78, 5) is 2.29. The van der Waals surface area contributed by atoms with E-state index in [2.05, 4.69) is 174 Å². The highest BCUT2D eigenvalue weighted by molar-refractivity contribution is 6.32. The molecule has 0 amide bonds. The van der Waals surface area contributed by atoms with Crippen molar-refractivity contribution in [2.45, 2.75) is 6.92 Å². The van der Waals surface area contributed by atoms with Crippen molar-refractivity contribution in [3.05, 3.63) is 175 Å². The molecule has 0 aliphatic rings. The Morgan fingerprint density at radius 1 is 0.490 bits per heavy atom. The molecule has 10 aromatic rings. The predicted octanol–water partition coefficient (Wildman–Crippen LogP) is 13.1. The molecule has 0 atom stereocenters. The first-order valence-corrected chi connectivity index (χ1v) is 17.5. The van der Waals surface area contributed by atoms with Gasteiger partial charge in [-0.15, -0.1) is 0 Å². The largest absolute Gasteiger partial charge is 0.497 e. The second kappa shape index (κ2) is 11.5. The number of aryl methyl sites for hydroxylation is 1. The lowest BCUT2D eigenvalue weighted by Crippen LogP contribution is -2.10. The monoisotopic (exact) mass is 654 g/mol. The fourth-order valence-corrected chi connectivity index (χ4v) is 8.18. The molecule has 242 valence electrons. The predicted molar refractivity (Wildman–Crippen MR) is 216 cm³/mol. The van der Waals surface area contributed by atoms with Crippen LogP contribution in [0.3, 0.4) is 0 Å². The summed E-state index contributed by atoms with van der Waals surface area (Å²) in [6.45, 7) is 2.14. The number of anilines is 3. The summed E-state index contributed by atoms with van der Waals surface area (Å²) in [7, 11) is 1.72. The molecule has 3 heteroatoms. The molecule has 0 saturated heterocycles. The third kappa shape index (κ3) is 4.59. The van der Waals surface area contributed by atoms with Gasteiger partial charge in [-0.3, -0.25) is 0 Å². The highest BCUT2D eigenvalue weighted by Gasteiger charge is 2.20. The van der Waals surface area contributed by atoms with Crippen LogP contribution in [-0.4, -0.2) is 11.7 Å². The van der Waals surface area contributed by atoms with Gasteiger partial charge in [0.2, 0.25) is 0 Å². The number of hydrogen-bond donors (Lipinski definition) is 0. The quantitative estimate of drug-likeness (QED) is 0.166. The van der Waals surface area contributed by atoms with Gasteiger partial charge in [-0.2, -0.15) is 0 Å². The Bertz CT molecular complexity index is 2900. The van der Waals surface area contributed by atoms with E-state index in [1.807, 2.05) is 12.1 Å². The molecular formula is C48H34N2O. The maximum atomic E-state index is 5.61. The van der Waals surface area contributed by atoms with E-state index in [-0.39, 0.29) is 0 Å². The van der Waals surface area contributed by atoms with Crippen molar-refractivity contribution in [1.29, 1.82) is 0 Å². The Labute approximate surface area is 296 Å². The molecule has 0 fully saturated rings. The van der Waals surface area contributed by atoms with Crippen LogP contribution in [0.15, 0.2) is 170 Å². The number of ether oxygens (including phenoxy) is 1. The SMILES string of the molecule is COc1cccc(N(c2ccc(-c3ccc4ccc5c6c(ccc3c46)cc3c4ccccc4n(-c4ccccc4)c35)cc2)c2cccc(C)c2)c1. The molecule has 0 aliphatic carbocycles. The van der Waals surface area contributed by atoms with Crippen molar-refractivity contribution < 1.29 is 4.74 Å². The number of fused-ring (bicyclic) bond motifs is 4. The van der Waals surface area contributed by atoms with Crippen LogP contribution in [0.2, 0.25) is 0 Å². The van der Waals surface area contributed by atoms with Crippen LogP contribution in [0.25, 0.3) is 70.9 Å². The van der Waals surface area contributed by atoms with Crippen molar-refractivity contribution in [3.63, 3.8) is 0 Å². The van der Waals surface area contributed by atoms with Crippen LogP contribution >= 0.6 is 0 Å². The number of hydrogen-bond acceptors (Lipinski definition) is 2. The molecule has 51 heavy (non-hydrogen) atoms. The van der Waals surface area contributed by atoms with Crippen LogP contribution in [0, 0.1) is 6.92 Å². The Balaban J connectivity index is 1.17. The van der Waals surface area contributed by atoms with E-state index in [1.54, 1.807) is 7.11 Å². The summed E-state index contributed by atoms with van der Waals surface area (Å²) in [6, 6.07) is 61.7.